The van der Waals surface area contributed by atoms with Crippen LogP contribution in [-0.2, 0) is 11.3 Å². The third-order valence-corrected chi connectivity index (χ3v) is 4.24. The SMILES string of the molecule is Cc1ccccc1CNC(=O)CCC1CCCCC1. The molecule has 19 heavy (non-hydrogen) atoms. The molecule has 2 rings (SSSR count). The van der Waals surface area contributed by atoms with Crippen molar-refractivity contribution in [3.05, 3.63) is 35.4 Å². The Morgan fingerprint density at radius 2 is 1.95 bits per heavy atom. The summed E-state index contributed by atoms with van der Waals surface area (Å²) < 4.78 is 0. The van der Waals surface area contributed by atoms with Crippen molar-refractivity contribution in [2.24, 2.45) is 5.92 Å². The van der Waals surface area contributed by atoms with Gasteiger partial charge < -0.3 is 5.32 Å². The highest BCUT2D eigenvalue weighted by Gasteiger charge is 2.14. The minimum Gasteiger partial charge on any atom is -0.352 e. The summed E-state index contributed by atoms with van der Waals surface area (Å²) >= 11 is 0. The third-order valence-electron chi connectivity index (χ3n) is 4.24. The van der Waals surface area contributed by atoms with Crippen molar-refractivity contribution in [3.63, 3.8) is 0 Å². The van der Waals surface area contributed by atoms with Crippen LogP contribution < -0.4 is 5.32 Å². The quantitative estimate of drug-likeness (QED) is 0.851. The van der Waals surface area contributed by atoms with Gasteiger partial charge in [-0.2, -0.15) is 0 Å². The first-order chi connectivity index (χ1) is 9.25. The van der Waals surface area contributed by atoms with Gasteiger partial charge in [0.25, 0.3) is 0 Å². The summed E-state index contributed by atoms with van der Waals surface area (Å²) in [6, 6.07) is 8.22. The molecule has 0 heterocycles. The van der Waals surface area contributed by atoms with Gasteiger partial charge >= 0.3 is 0 Å². The zero-order valence-corrected chi connectivity index (χ0v) is 12.0. The van der Waals surface area contributed by atoms with Crippen molar-refractivity contribution >= 4 is 5.91 Å². The molecule has 1 saturated carbocycles. The van der Waals surface area contributed by atoms with Crippen molar-refractivity contribution in [3.8, 4) is 0 Å². The molecule has 0 radical (unpaired) electrons. The summed E-state index contributed by atoms with van der Waals surface area (Å²) in [5, 5.41) is 3.04. The summed E-state index contributed by atoms with van der Waals surface area (Å²) in [4.78, 5) is 11.9. The normalized spacial score (nSPS) is 16.3. The lowest BCUT2D eigenvalue weighted by Gasteiger charge is -2.21. The number of aryl methyl sites for hydroxylation is 1. The predicted octanol–water partition coefficient (Wildman–Crippen LogP) is 3.97. The van der Waals surface area contributed by atoms with Gasteiger partial charge in [-0.3, -0.25) is 4.79 Å². The summed E-state index contributed by atoms with van der Waals surface area (Å²) in [5.74, 6) is 0.992. The van der Waals surface area contributed by atoms with Crippen LogP contribution in [0.5, 0.6) is 0 Å². The van der Waals surface area contributed by atoms with Crippen LogP contribution in [-0.4, -0.2) is 5.91 Å². The fraction of sp³-hybridized carbons (Fsp3) is 0.588. The van der Waals surface area contributed by atoms with Crippen LogP contribution in [0.25, 0.3) is 0 Å². The second kappa shape index (κ2) is 7.32. The van der Waals surface area contributed by atoms with Crippen molar-refractivity contribution in [2.45, 2.75) is 58.4 Å². The van der Waals surface area contributed by atoms with Gasteiger partial charge in [0.2, 0.25) is 5.91 Å². The highest BCUT2D eigenvalue weighted by Crippen LogP contribution is 2.27. The Bertz CT molecular complexity index is 407. The van der Waals surface area contributed by atoms with Gasteiger partial charge in [-0.05, 0) is 30.4 Å². The molecule has 0 atom stereocenters. The van der Waals surface area contributed by atoms with E-state index in [1.165, 1.54) is 43.2 Å². The molecular weight excluding hydrogens is 234 g/mol. The Labute approximate surface area is 116 Å². The van der Waals surface area contributed by atoms with E-state index in [9.17, 15) is 4.79 Å². The average Bonchev–Trinajstić information content (AvgIpc) is 2.45. The fourth-order valence-electron chi connectivity index (χ4n) is 2.90. The van der Waals surface area contributed by atoms with Crippen LogP contribution in [0.4, 0.5) is 0 Å². The Kier molecular flexibility index (Phi) is 5.44. The minimum atomic E-state index is 0.203. The number of nitrogens with one attached hydrogen (secondary N) is 1. The van der Waals surface area contributed by atoms with E-state index in [1.807, 2.05) is 12.1 Å². The second-order valence-corrected chi connectivity index (χ2v) is 5.75. The monoisotopic (exact) mass is 259 g/mol. The molecule has 1 aliphatic rings. The first-order valence-electron chi connectivity index (χ1n) is 7.57. The van der Waals surface area contributed by atoms with Gasteiger partial charge in [0, 0.05) is 13.0 Å². The van der Waals surface area contributed by atoms with Crippen LogP contribution in [0.1, 0.15) is 56.1 Å². The molecule has 2 nitrogen and oxygen atoms in total. The zero-order chi connectivity index (χ0) is 13.5. The molecule has 0 bridgehead atoms. The van der Waals surface area contributed by atoms with Gasteiger partial charge in [-0.1, -0.05) is 56.4 Å². The lowest BCUT2D eigenvalue weighted by atomic mass is 9.86. The van der Waals surface area contributed by atoms with Crippen molar-refractivity contribution in [2.75, 3.05) is 0 Å². The Morgan fingerprint density at radius 1 is 1.21 bits per heavy atom. The molecule has 2 heteroatoms. The molecule has 1 N–H and O–H groups in total. The number of benzene rings is 1. The number of carbonyl (C=O) groups is 1. The lowest BCUT2D eigenvalue weighted by molar-refractivity contribution is -0.121. The van der Waals surface area contributed by atoms with E-state index in [4.69, 9.17) is 0 Å². The molecule has 1 aliphatic carbocycles. The lowest BCUT2D eigenvalue weighted by Crippen LogP contribution is -2.23. The van der Waals surface area contributed by atoms with E-state index in [2.05, 4.69) is 24.4 Å². The van der Waals surface area contributed by atoms with Crippen LogP contribution in [0, 0.1) is 12.8 Å². The van der Waals surface area contributed by atoms with E-state index in [-0.39, 0.29) is 5.91 Å². The Balaban J connectivity index is 1.68. The first kappa shape index (κ1) is 14.1. The Morgan fingerprint density at radius 3 is 2.68 bits per heavy atom. The maximum atomic E-state index is 11.9. The second-order valence-electron chi connectivity index (χ2n) is 5.75. The van der Waals surface area contributed by atoms with Gasteiger partial charge in [0.1, 0.15) is 0 Å². The first-order valence-corrected chi connectivity index (χ1v) is 7.57. The molecule has 0 spiro atoms. The predicted molar refractivity (Wildman–Crippen MR) is 78.8 cm³/mol. The largest absolute Gasteiger partial charge is 0.352 e. The molecule has 104 valence electrons. The zero-order valence-electron chi connectivity index (χ0n) is 12.0. The topological polar surface area (TPSA) is 29.1 Å². The Hall–Kier alpha value is -1.31. The number of rotatable bonds is 5. The van der Waals surface area contributed by atoms with Crippen LogP contribution >= 0.6 is 0 Å². The van der Waals surface area contributed by atoms with E-state index in [0.717, 1.165) is 12.3 Å². The molecular formula is C17H25NO. The van der Waals surface area contributed by atoms with E-state index in [1.54, 1.807) is 0 Å². The van der Waals surface area contributed by atoms with Crippen molar-refractivity contribution in [1.29, 1.82) is 0 Å². The smallest absolute Gasteiger partial charge is 0.220 e. The number of hydrogen-bond donors (Lipinski definition) is 1. The molecule has 0 saturated heterocycles. The average molecular weight is 259 g/mol. The third kappa shape index (κ3) is 4.70. The molecule has 1 amide bonds. The minimum absolute atomic E-state index is 0.203. The maximum absolute atomic E-state index is 11.9. The van der Waals surface area contributed by atoms with Crippen molar-refractivity contribution in [1.82, 2.24) is 5.32 Å². The number of hydrogen-bond acceptors (Lipinski definition) is 1. The van der Waals surface area contributed by atoms with E-state index < -0.39 is 0 Å². The standard InChI is InChI=1S/C17H25NO/c1-14-7-5-6-10-16(14)13-18-17(19)12-11-15-8-3-2-4-9-15/h5-7,10,15H,2-4,8-9,11-13H2,1H3,(H,18,19). The fourth-order valence-corrected chi connectivity index (χ4v) is 2.90. The number of carbonyl (C=O) groups excluding carboxylic acids is 1. The van der Waals surface area contributed by atoms with Gasteiger partial charge in [0.05, 0.1) is 0 Å². The molecule has 1 aromatic carbocycles. The summed E-state index contributed by atoms with van der Waals surface area (Å²) in [6.45, 7) is 2.75. The van der Waals surface area contributed by atoms with Crippen LogP contribution in [0.3, 0.4) is 0 Å². The molecule has 0 aromatic heterocycles. The summed E-state index contributed by atoms with van der Waals surface area (Å²) in [7, 11) is 0. The molecule has 0 unspecified atom stereocenters. The summed E-state index contributed by atoms with van der Waals surface area (Å²) in [5.41, 5.74) is 2.46. The highest BCUT2D eigenvalue weighted by molar-refractivity contribution is 5.75. The van der Waals surface area contributed by atoms with Gasteiger partial charge in [0.15, 0.2) is 0 Å². The van der Waals surface area contributed by atoms with E-state index in [0.29, 0.717) is 13.0 Å². The highest BCUT2D eigenvalue weighted by atomic mass is 16.1. The van der Waals surface area contributed by atoms with Gasteiger partial charge in [-0.25, -0.2) is 0 Å². The molecule has 0 aliphatic heterocycles. The van der Waals surface area contributed by atoms with Crippen LogP contribution in [0.2, 0.25) is 0 Å². The summed E-state index contributed by atoms with van der Waals surface area (Å²) in [6.07, 6.45) is 8.51. The van der Waals surface area contributed by atoms with Crippen LogP contribution in [0.15, 0.2) is 24.3 Å². The maximum Gasteiger partial charge on any atom is 0.220 e. The van der Waals surface area contributed by atoms with Gasteiger partial charge in [-0.15, -0.1) is 0 Å². The number of amides is 1. The van der Waals surface area contributed by atoms with Crippen molar-refractivity contribution < 1.29 is 4.79 Å². The van der Waals surface area contributed by atoms with E-state index >= 15 is 0 Å². The molecule has 1 fully saturated rings. The molecule has 1 aromatic rings.